The largest absolute Gasteiger partial charge is 0.369 e. The van der Waals surface area contributed by atoms with Gasteiger partial charge in [0, 0.05) is 56.1 Å². The lowest BCUT2D eigenvalue weighted by Crippen LogP contribution is -2.44. The number of aromatic nitrogens is 5. The molecule has 0 atom stereocenters. The summed E-state index contributed by atoms with van der Waals surface area (Å²) >= 11 is 0. The van der Waals surface area contributed by atoms with E-state index in [4.69, 9.17) is 0 Å². The van der Waals surface area contributed by atoms with Gasteiger partial charge in [-0.25, -0.2) is 14.5 Å². The highest BCUT2D eigenvalue weighted by molar-refractivity contribution is 5.78. The van der Waals surface area contributed by atoms with Gasteiger partial charge in [-0.1, -0.05) is 18.2 Å². The summed E-state index contributed by atoms with van der Waals surface area (Å²) in [7, 11) is 2.16. The summed E-state index contributed by atoms with van der Waals surface area (Å²) in [5.41, 5.74) is 3.14. The number of fused-ring (bicyclic) bond motifs is 3. The molecule has 0 unspecified atom stereocenters. The molecule has 5 aromatic rings. The molecule has 1 saturated heterocycles. The van der Waals surface area contributed by atoms with E-state index in [1.807, 2.05) is 46.9 Å². The molecule has 1 aliphatic rings. The van der Waals surface area contributed by atoms with Gasteiger partial charge in [0.25, 0.3) is 5.56 Å². The van der Waals surface area contributed by atoms with Crippen LogP contribution in [0.4, 0.5) is 17.3 Å². The number of para-hydroxylation sites is 1. The molecule has 6 rings (SSSR count). The molecule has 1 N–H and O–H groups in total. The number of nitrogens with one attached hydrogen (secondary N) is 1. The summed E-state index contributed by atoms with van der Waals surface area (Å²) in [6.07, 6.45) is 5.04. The second-order valence-electron chi connectivity index (χ2n) is 8.47. The first-order chi connectivity index (χ1) is 16.7. The van der Waals surface area contributed by atoms with Crippen LogP contribution in [0.5, 0.6) is 0 Å². The third kappa shape index (κ3) is 3.56. The predicted octanol–water partition coefficient (Wildman–Crippen LogP) is 2.92. The first kappa shape index (κ1) is 20.4. The number of anilines is 3. The maximum atomic E-state index is 13.3. The summed E-state index contributed by atoms with van der Waals surface area (Å²) in [5.74, 6) is 0.927. The number of likely N-dealkylation sites (N-methyl/N-ethyl adjacent to an activating group) is 1. The molecule has 3 aromatic heterocycles. The van der Waals surface area contributed by atoms with Crippen molar-refractivity contribution < 1.29 is 0 Å². The van der Waals surface area contributed by atoms with Crippen molar-refractivity contribution in [1.82, 2.24) is 28.8 Å². The molecule has 2 aromatic carbocycles. The third-order valence-electron chi connectivity index (χ3n) is 6.26. The average Bonchev–Trinajstić information content (AvgIpc) is 3.36. The quantitative estimate of drug-likeness (QED) is 0.449. The number of rotatable bonds is 4. The molecule has 1 fully saturated rings. The van der Waals surface area contributed by atoms with Gasteiger partial charge in [0.05, 0.1) is 5.69 Å². The van der Waals surface area contributed by atoms with Gasteiger partial charge in [-0.2, -0.15) is 4.98 Å². The van der Waals surface area contributed by atoms with E-state index >= 15 is 0 Å². The van der Waals surface area contributed by atoms with Crippen LogP contribution in [0.2, 0.25) is 0 Å². The van der Waals surface area contributed by atoms with Gasteiger partial charge in [0.1, 0.15) is 5.39 Å². The van der Waals surface area contributed by atoms with Crippen LogP contribution in [-0.4, -0.2) is 62.0 Å². The Labute approximate surface area is 195 Å². The standard InChI is InChI=1S/C25H24N8O/c1-30-13-15-31(16-14-30)19-9-7-18(8-10-19)28-24-27-17-21-22(29-24)32-12-11-26-25(32)33(23(21)34)20-5-3-2-4-6-20/h2-12,17H,13-16H2,1H3,(H,27,28,29). The minimum atomic E-state index is -0.206. The van der Waals surface area contributed by atoms with Gasteiger partial charge >= 0.3 is 0 Å². The second-order valence-corrected chi connectivity index (χ2v) is 8.47. The molecule has 170 valence electrons. The Kier molecular flexibility index (Phi) is 4.96. The summed E-state index contributed by atoms with van der Waals surface area (Å²) in [6, 6.07) is 17.7. The van der Waals surface area contributed by atoms with Crippen molar-refractivity contribution in [3.8, 4) is 5.69 Å². The van der Waals surface area contributed by atoms with Gasteiger partial charge in [-0.05, 0) is 43.4 Å². The van der Waals surface area contributed by atoms with Crippen molar-refractivity contribution >= 4 is 34.1 Å². The maximum Gasteiger partial charge on any atom is 0.270 e. The van der Waals surface area contributed by atoms with Crippen LogP contribution < -0.4 is 15.8 Å². The summed E-state index contributed by atoms with van der Waals surface area (Å²) in [6.45, 7) is 4.19. The number of nitrogens with zero attached hydrogens (tertiary/aromatic N) is 7. The molecule has 9 nitrogen and oxygen atoms in total. The highest BCUT2D eigenvalue weighted by Gasteiger charge is 2.16. The van der Waals surface area contributed by atoms with E-state index in [1.165, 1.54) is 5.69 Å². The minimum Gasteiger partial charge on any atom is -0.369 e. The Morgan fingerprint density at radius 2 is 1.65 bits per heavy atom. The van der Waals surface area contributed by atoms with E-state index in [2.05, 4.69) is 49.2 Å². The van der Waals surface area contributed by atoms with Crippen molar-refractivity contribution in [3.63, 3.8) is 0 Å². The Balaban J connectivity index is 1.33. The number of imidazole rings is 1. The number of piperazine rings is 1. The molecule has 0 radical (unpaired) electrons. The van der Waals surface area contributed by atoms with E-state index < -0.39 is 0 Å². The molecule has 34 heavy (non-hydrogen) atoms. The minimum absolute atomic E-state index is 0.206. The molecule has 0 aliphatic carbocycles. The molecule has 1 aliphatic heterocycles. The Morgan fingerprint density at radius 3 is 2.41 bits per heavy atom. The topological polar surface area (TPSA) is 83.6 Å². The van der Waals surface area contributed by atoms with Gasteiger partial charge in [-0.3, -0.25) is 9.20 Å². The fourth-order valence-corrected chi connectivity index (χ4v) is 4.36. The molecular formula is C25H24N8O. The highest BCUT2D eigenvalue weighted by atomic mass is 16.1. The fourth-order valence-electron chi connectivity index (χ4n) is 4.36. The van der Waals surface area contributed by atoms with Crippen molar-refractivity contribution in [2.45, 2.75) is 0 Å². The number of hydrogen-bond donors (Lipinski definition) is 1. The molecule has 0 amide bonds. The van der Waals surface area contributed by atoms with Gasteiger partial charge in [0.15, 0.2) is 5.65 Å². The number of benzene rings is 2. The second kappa shape index (κ2) is 8.27. The molecule has 9 heteroatoms. The first-order valence-electron chi connectivity index (χ1n) is 11.3. The summed E-state index contributed by atoms with van der Waals surface area (Å²) in [5, 5.41) is 3.69. The van der Waals surface area contributed by atoms with Crippen molar-refractivity contribution in [2.24, 2.45) is 0 Å². The van der Waals surface area contributed by atoms with Crippen molar-refractivity contribution in [2.75, 3.05) is 43.4 Å². The van der Waals surface area contributed by atoms with Crippen LogP contribution in [0.3, 0.4) is 0 Å². The van der Waals surface area contributed by atoms with Crippen LogP contribution in [0.25, 0.3) is 22.5 Å². The Bertz CT molecular complexity index is 1520. The van der Waals surface area contributed by atoms with Gasteiger partial charge in [0.2, 0.25) is 11.7 Å². The SMILES string of the molecule is CN1CCN(c2ccc(Nc3ncc4c(=O)n(-c5ccccc5)c5nccn5c4n3)cc2)CC1. The third-order valence-corrected chi connectivity index (χ3v) is 6.26. The van der Waals surface area contributed by atoms with Crippen LogP contribution >= 0.6 is 0 Å². The van der Waals surface area contributed by atoms with Gasteiger partial charge < -0.3 is 15.1 Å². The van der Waals surface area contributed by atoms with Crippen LogP contribution in [0.1, 0.15) is 0 Å². The molecule has 0 spiro atoms. The zero-order chi connectivity index (χ0) is 23.1. The van der Waals surface area contributed by atoms with Gasteiger partial charge in [-0.15, -0.1) is 0 Å². The highest BCUT2D eigenvalue weighted by Crippen LogP contribution is 2.22. The summed E-state index contributed by atoms with van der Waals surface area (Å²) < 4.78 is 3.39. The summed E-state index contributed by atoms with van der Waals surface area (Å²) in [4.78, 5) is 31.6. The van der Waals surface area contributed by atoms with E-state index in [9.17, 15) is 4.79 Å². The maximum absolute atomic E-state index is 13.3. The molecule has 0 saturated carbocycles. The average molecular weight is 453 g/mol. The van der Waals surface area contributed by atoms with Crippen molar-refractivity contribution in [1.29, 1.82) is 0 Å². The molecule has 0 bridgehead atoms. The normalized spacial score (nSPS) is 14.7. The van der Waals surface area contributed by atoms with Crippen LogP contribution in [-0.2, 0) is 0 Å². The van der Waals surface area contributed by atoms with Crippen molar-refractivity contribution in [3.05, 3.63) is 83.5 Å². The molecule has 4 heterocycles. The zero-order valence-electron chi connectivity index (χ0n) is 18.8. The van der Waals surface area contributed by atoms with E-state index in [-0.39, 0.29) is 5.56 Å². The zero-order valence-corrected chi connectivity index (χ0v) is 18.8. The Morgan fingerprint density at radius 1 is 0.882 bits per heavy atom. The monoisotopic (exact) mass is 452 g/mol. The Hall–Kier alpha value is -4.24. The predicted molar refractivity (Wildman–Crippen MR) is 133 cm³/mol. The van der Waals surface area contributed by atoms with E-state index in [1.54, 1.807) is 23.2 Å². The van der Waals surface area contributed by atoms with Crippen LogP contribution in [0.15, 0.2) is 78.0 Å². The van der Waals surface area contributed by atoms with E-state index in [0.717, 1.165) is 37.6 Å². The lowest BCUT2D eigenvalue weighted by molar-refractivity contribution is 0.313. The lowest BCUT2D eigenvalue weighted by atomic mass is 10.2. The van der Waals surface area contributed by atoms with E-state index in [0.29, 0.717) is 22.8 Å². The smallest absolute Gasteiger partial charge is 0.270 e. The molecular weight excluding hydrogens is 428 g/mol. The number of hydrogen-bond acceptors (Lipinski definition) is 7. The fraction of sp³-hybridized carbons (Fsp3) is 0.200. The lowest BCUT2D eigenvalue weighted by Gasteiger charge is -2.34. The first-order valence-corrected chi connectivity index (χ1v) is 11.3. The van der Waals surface area contributed by atoms with Crippen LogP contribution in [0, 0.1) is 0 Å².